The standard InChI is InChI=1S/C23H23N5O2/c1-14-4-3-5-18-21(14)19(6-7-25-18)28-15(2)26-22-17(23(24)29)12-16(13-20(22)28)27-8-10-30-11-9-27/h3-7,12-13H,8-11H2,1-2H3,(H2,24,29). The van der Waals surface area contributed by atoms with E-state index in [1.54, 1.807) is 0 Å². The summed E-state index contributed by atoms with van der Waals surface area (Å²) in [6, 6.07) is 12.0. The number of hydrogen-bond acceptors (Lipinski definition) is 5. The number of imidazole rings is 1. The molecule has 0 saturated carbocycles. The number of morpholine rings is 1. The summed E-state index contributed by atoms with van der Waals surface area (Å²) < 4.78 is 7.59. The van der Waals surface area contributed by atoms with Gasteiger partial charge < -0.3 is 15.4 Å². The Bertz CT molecular complexity index is 1280. The van der Waals surface area contributed by atoms with Crippen LogP contribution >= 0.6 is 0 Å². The molecule has 0 spiro atoms. The number of pyridine rings is 1. The van der Waals surface area contributed by atoms with Crippen molar-refractivity contribution in [3.8, 4) is 5.69 Å². The van der Waals surface area contributed by atoms with Gasteiger partial charge in [-0.1, -0.05) is 12.1 Å². The summed E-state index contributed by atoms with van der Waals surface area (Å²) in [6.45, 7) is 6.90. The Morgan fingerprint density at radius 1 is 1.13 bits per heavy atom. The van der Waals surface area contributed by atoms with Gasteiger partial charge >= 0.3 is 0 Å². The Morgan fingerprint density at radius 2 is 1.93 bits per heavy atom. The number of benzene rings is 2. The molecule has 30 heavy (non-hydrogen) atoms. The number of fused-ring (bicyclic) bond motifs is 2. The molecule has 2 N–H and O–H groups in total. The first-order chi connectivity index (χ1) is 14.5. The minimum Gasteiger partial charge on any atom is -0.378 e. The van der Waals surface area contributed by atoms with Gasteiger partial charge in [0.15, 0.2) is 0 Å². The molecule has 1 fully saturated rings. The first-order valence-corrected chi connectivity index (χ1v) is 10.0. The molecule has 7 nitrogen and oxygen atoms in total. The van der Waals surface area contributed by atoms with Crippen LogP contribution in [-0.2, 0) is 4.74 Å². The predicted molar refractivity (Wildman–Crippen MR) is 117 cm³/mol. The molecule has 0 bridgehead atoms. The maximum Gasteiger partial charge on any atom is 0.251 e. The first kappa shape index (κ1) is 18.6. The Hall–Kier alpha value is -3.45. The summed E-state index contributed by atoms with van der Waals surface area (Å²) in [7, 11) is 0. The minimum atomic E-state index is -0.476. The quantitative estimate of drug-likeness (QED) is 0.570. The second kappa shape index (κ2) is 7.11. The molecule has 2 aromatic carbocycles. The SMILES string of the molecule is Cc1cccc2nccc(-n3c(C)nc4c(C(N)=O)cc(N5CCOCC5)cc43)c12. The maximum absolute atomic E-state index is 12.3. The summed E-state index contributed by atoms with van der Waals surface area (Å²) in [4.78, 5) is 23.8. The van der Waals surface area contributed by atoms with E-state index in [0.29, 0.717) is 24.3 Å². The first-order valence-electron chi connectivity index (χ1n) is 10.0. The van der Waals surface area contributed by atoms with Gasteiger partial charge in [0, 0.05) is 30.4 Å². The van der Waals surface area contributed by atoms with Crippen LogP contribution in [0.2, 0.25) is 0 Å². The number of carbonyl (C=O) groups is 1. The molecule has 0 atom stereocenters. The monoisotopic (exact) mass is 401 g/mol. The van der Waals surface area contributed by atoms with E-state index in [2.05, 4.69) is 33.5 Å². The Morgan fingerprint density at radius 3 is 2.70 bits per heavy atom. The van der Waals surface area contributed by atoms with Gasteiger partial charge in [0.1, 0.15) is 11.3 Å². The normalized spacial score (nSPS) is 14.5. The number of carbonyl (C=O) groups excluding carboxylic acids is 1. The molecule has 3 heterocycles. The van der Waals surface area contributed by atoms with Crippen LogP contribution in [0.1, 0.15) is 21.7 Å². The third kappa shape index (κ3) is 2.90. The van der Waals surface area contributed by atoms with E-state index in [0.717, 1.165) is 52.3 Å². The number of ether oxygens (including phenoxy) is 1. The summed E-state index contributed by atoms with van der Waals surface area (Å²) in [5.74, 6) is 0.318. The Kier molecular flexibility index (Phi) is 4.40. The molecule has 1 aliphatic rings. The van der Waals surface area contributed by atoms with Gasteiger partial charge in [-0.25, -0.2) is 4.98 Å². The van der Waals surface area contributed by atoms with E-state index in [4.69, 9.17) is 15.5 Å². The van der Waals surface area contributed by atoms with Gasteiger partial charge in [0.05, 0.1) is 35.5 Å². The lowest BCUT2D eigenvalue weighted by atomic mass is 10.1. The minimum absolute atomic E-state index is 0.436. The number of hydrogen-bond donors (Lipinski definition) is 1. The average Bonchev–Trinajstić information content (AvgIpc) is 3.09. The van der Waals surface area contributed by atoms with Crippen molar-refractivity contribution in [3.63, 3.8) is 0 Å². The fourth-order valence-corrected chi connectivity index (χ4v) is 4.33. The highest BCUT2D eigenvalue weighted by Crippen LogP contribution is 2.32. The lowest BCUT2D eigenvalue weighted by Gasteiger charge is -2.29. The van der Waals surface area contributed by atoms with Crippen LogP contribution in [0, 0.1) is 13.8 Å². The largest absolute Gasteiger partial charge is 0.378 e. The van der Waals surface area contributed by atoms with Gasteiger partial charge in [0.2, 0.25) is 0 Å². The second-order valence-electron chi connectivity index (χ2n) is 7.62. The van der Waals surface area contributed by atoms with Crippen LogP contribution in [0.5, 0.6) is 0 Å². The summed E-state index contributed by atoms with van der Waals surface area (Å²) in [5, 5.41) is 1.07. The second-order valence-corrected chi connectivity index (χ2v) is 7.62. The van der Waals surface area contributed by atoms with E-state index in [1.807, 2.05) is 37.4 Å². The number of amides is 1. The van der Waals surface area contributed by atoms with Gasteiger partial charge in [0.25, 0.3) is 5.91 Å². The highest BCUT2D eigenvalue weighted by Gasteiger charge is 2.21. The van der Waals surface area contributed by atoms with Crippen molar-refractivity contribution in [2.75, 3.05) is 31.2 Å². The molecule has 0 radical (unpaired) electrons. The van der Waals surface area contributed by atoms with E-state index in [9.17, 15) is 4.79 Å². The molecule has 4 aromatic rings. The zero-order valence-corrected chi connectivity index (χ0v) is 17.1. The van der Waals surface area contributed by atoms with Gasteiger partial charge in [-0.2, -0.15) is 0 Å². The molecule has 2 aromatic heterocycles. The van der Waals surface area contributed by atoms with Gasteiger partial charge in [-0.05, 0) is 43.7 Å². The maximum atomic E-state index is 12.3. The van der Waals surface area contributed by atoms with E-state index in [-0.39, 0.29) is 0 Å². The molecule has 1 aliphatic heterocycles. The molecular weight excluding hydrogens is 378 g/mol. The molecule has 1 saturated heterocycles. The fraction of sp³-hybridized carbons (Fsp3) is 0.261. The lowest BCUT2D eigenvalue weighted by Crippen LogP contribution is -2.36. The van der Waals surface area contributed by atoms with Crippen molar-refractivity contribution in [2.24, 2.45) is 5.73 Å². The van der Waals surface area contributed by atoms with Gasteiger partial charge in [-0.3, -0.25) is 14.3 Å². The van der Waals surface area contributed by atoms with Crippen LogP contribution in [0.25, 0.3) is 27.6 Å². The third-order valence-electron chi connectivity index (χ3n) is 5.75. The molecule has 0 aliphatic carbocycles. The summed E-state index contributed by atoms with van der Waals surface area (Å²) in [6.07, 6.45) is 1.81. The van der Waals surface area contributed by atoms with Crippen LogP contribution in [0.3, 0.4) is 0 Å². The summed E-state index contributed by atoms with van der Waals surface area (Å²) >= 11 is 0. The van der Waals surface area contributed by atoms with Crippen molar-refractivity contribution in [1.29, 1.82) is 0 Å². The Labute approximate surface area is 174 Å². The zero-order valence-electron chi connectivity index (χ0n) is 17.1. The van der Waals surface area contributed by atoms with Gasteiger partial charge in [-0.15, -0.1) is 0 Å². The number of anilines is 1. The van der Waals surface area contributed by atoms with Crippen molar-refractivity contribution in [2.45, 2.75) is 13.8 Å². The number of aromatic nitrogens is 3. The highest BCUT2D eigenvalue weighted by molar-refractivity contribution is 6.06. The number of aryl methyl sites for hydroxylation is 2. The molecular formula is C23H23N5O2. The van der Waals surface area contributed by atoms with E-state index in [1.165, 1.54) is 0 Å². The van der Waals surface area contributed by atoms with Crippen molar-refractivity contribution >= 4 is 33.5 Å². The topological polar surface area (TPSA) is 86.3 Å². The zero-order chi connectivity index (χ0) is 20.8. The predicted octanol–water partition coefficient (Wildman–Crippen LogP) is 3.13. The molecule has 7 heteroatoms. The van der Waals surface area contributed by atoms with Crippen LogP contribution in [0.4, 0.5) is 5.69 Å². The average molecular weight is 401 g/mol. The van der Waals surface area contributed by atoms with Crippen LogP contribution in [-0.4, -0.2) is 46.7 Å². The number of nitrogens with two attached hydrogens (primary N) is 1. The van der Waals surface area contributed by atoms with Crippen LogP contribution in [0.15, 0.2) is 42.6 Å². The smallest absolute Gasteiger partial charge is 0.251 e. The number of nitrogens with zero attached hydrogens (tertiary/aromatic N) is 4. The number of primary amides is 1. The van der Waals surface area contributed by atoms with Crippen molar-refractivity contribution in [1.82, 2.24) is 14.5 Å². The molecule has 0 unspecified atom stereocenters. The fourth-order valence-electron chi connectivity index (χ4n) is 4.33. The van der Waals surface area contributed by atoms with E-state index < -0.39 is 5.91 Å². The number of rotatable bonds is 3. The Balaban J connectivity index is 1.83. The van der Waals surface area contributed by atoms with Crippen molar-refractivity contribution < 1.29 is 9.53 Å². The van der Waals surface area contributed by atoms with Crippen LogP contribution < -0.4 is 10.6 Å². The molecule has 1 amide bonds. The van der Waals surface area contributed by atoms with E-state index >= 15 is 0 Å². The summed E-state index contributed by atoms with van der Waals surface area (Å²) in [5.41, 5.74) is 11.7. The lowest BCUT2D eigenvalue weighted by molar-refractivity contribution is 0.100. The molecule has 5 rings (SSSR count). The molecule has 152 valence electrons. The van der Waals surface area contributed by atoms with Crippen molar-refractivity contribution in [3.05, 3.63) is 59.5 Å². The third-order valence-corrected chi connectivity index (χ3v) is 5.75. The highest BCUT2D eigenvalue weighted by atomic mass is 16.5.